The fraction of sp³-hybridized carbons (Fsp3) is 0.370. The third kappa shape index (κ3) is 6.09. The summed E-state index contributed by atoms with van der Waals surface area (Å²) in [5, 5.41) is 32.2. The Kier molecular flexibility index (Phi) is 9.49. The molecule has 224 valence electrons. The highest BCUT2D eigenvalue weighted by molar-refractivity contribution is 5.59. The Balaban J connectivity index is 1.60. The van der Waals surface area contributed by atoms with Crippen LogP contribution in [0.4, 0.5) is 10.5 Å². The van der Waals surface area contributed by atoms with Gasteiger partial charge in [-0.05, 0) is 17.5 Å². The quantitative estimate of drug-likeness (QED) is 0.0907. The van der Waals surface area contributed by atoms with E-state index in [1.54, 1.807) is 37.3 Å². The highest BCUT2D eigenvalue weighted by Gasteiger charge is 2.71. The molecule has 15 nitrogen and oxygen atoms in total. The van der Waals surface area contributed by atoms with E-state index in [2.05, 4.69) is 4.98 Å². The number of aliphatic hydroxyl groups is 2. The van der Waals surface area contributed by atoms with Crippen molar-refractivity contribution in [2.75, 3.05) is 13.2 Å². The highest BCUT2D eigenvalue weighted by atomic mass is 17.3. The van der Waals surface area contributed by atoms with Crippen molar-refractivity contribution in [1.82, 2.24) is 9.55 Å². The van der Waals surface area contributed by atoms with Crippen molar-refractivity contribution in [3.63, 3.8) is 0 Å². The molecule has 0 amide bonds. The standard InChI is InChI=1S/C27H29N3O12/c1-2-26(29-14-12-22(32)28-24(29)34)27(23(33)21(16-31)40-26,39-17-19-6-4-3-5-7-19)42-41-25(35)38-15-13-18-8-10-20(11-9-18)30(36)37/h3-12,14,21,23,31,33H,2,13,15-17H2,1H3,(H,28,32,34)/t21-,23-,26-,27-/m1/s1. The van der Waals surface area contributed by atoms with E-state index < -0.39 is 52.7 Å². The summed E-state index contributed by atoms with van der Waals surface area (Å²) in [5.41, 5.74) is -2.54. The molecule has 0 aliphatic carbocycles. The number of carbonyl (C=O) groups is 1. The zero-order valence-electron chi connectivity index (χ0n) is 22.4. The van der Waals surface area contributed by atoms with E-state index in [4.69, 9.17) is 24.0 Å². The summed E-state index contributed by atoms with van der Waals surface area (Å²) in [6.45, 7) is 0.406. The Labute approximate surface area is 237 Å². The van der Waals surface area contributed by atoms with Crippen LogP contribution >= 0.6 is 0 Å². The van der Waals surface area contributed by atoms with Crippen molar-refractivity contribution in [1.29, 1.82) is 0 Å². The van der Waals surface area contributed by atoms with Crippen LogP contribution in [0, 0.1) is 10.1 Å². The summed E-state index contributed by atoms with van der Waals surface area (Å²) in [6.07, 6.45) is -3.38. The Morgan fingerprint density at radius 3 is 2.45 bits per heavy atom. The summed E-state index contributed by atoms with van der Waals surface area (Å²) in [6, 6.07) is 15.4. The van der Waals surface area contributed by atoms with Crippen LogP contribution in [0.5, 0.6) is 0 Å². The van der Waals surface area contributed by atoms with E-state index in [0.29, 0.717) is 11.1 Å². The zero-order chi connectivity index (χ0) is 30.3. The van der Waals surface area contributed by atoms with Crippen molar-refractivity contribution in [2.24, 2.45) is 0 Å². The first kappa shape index (κ1) is 30.5. The summed E-state index contributed by atoms with van der Waals surface area (Å²) < 4.78 is 18.0. The predicted molar refractivity (Wildman–Crippen MR) is 142 cm³/mol. The second-order valence-electron chi connectivity index (χ2n) is 9.28. The van der Waals surface area contributed by atoms with Gasteiger partial charge in [0.2, 0.25) is 5.72 Å². The summed E-state index contributed by atoms with van der Waals surface area (Å²) in [4.78, 5) is 60.1. The van der Waals surface area contributed by atoms with Crippen LogP contribution in [0.25, 0.3) is 0 Å². The number of hydrogen-bond acceptors (Lipinski definition) is 12. The van der Waals surface area contributed by atoms with Crippen molar-refractivity contribution in [3.05, 3.63) is 109 Å². The number of aromatic nitrogens is 2. The summed E-state index contributed by atoms with van der Waals surface area (Å²) in [5.74, 6) is -2.45. The number of H-pyrrole nitrogens is 1. The lowest BCUT2D eigenvalue weighted by Gasteiger charge is -2.42. The summed E-state index contributed by atoms with van der Waals surface area (Å²) >= 11 is 0. The third-order valence-corrected chi connectivity index (χ3v) is 6.79. The van der Waals surface area contributed by atoms with E-state index in [0.717, 1.165) is 16.8 Å². The molecule has 1 fully saturated rings. The van der Waals surface area contributed by atoms with Crippen LogP contribution < -0.4 is 11.2 Å². The van der Waals surface area contributed by atoms with Crippen LogP contribution in [-0.4, -0.2) is 62.1 Å². The molecule has 3 N–H and O–H groups in total. The molecule has 0 saturated carbocycles. The smallest absolute Gasteiger partial charge is 0.432 e. The number of nitro groups is 1. The minimum absolute atomic E-state index is 0.0900. The highest BCUT2D eigenvalue weighted by Crippen LogP contribution is 2.49. The van der Waals surface area contributed by atoms with Crippen LogP contribution in [0.3, 0.4) is 0 Å². The SMILES string of the molecule is CC[C@@]1(n2ccc(=O)[nH]c2=O)O[C@H](CO)[C@@H](O)[C@@]1(OCc1ccccc1)OOC(=O)OCCc1ccc([N+](=O)[O-])cc1. The fourth-order valence-corrected chi connectivity index (χ4v) is 4.69. The van der Waals surface area contributed by atoms with Gasteiger partial charge in [0.25, 0.3) is 17.0 Å². The number of rotatable bonds is 12. The van der Waals surface area contributed by atoms with Crippen LogP contribution in [0.2, 0.25) is 0 Å². The number of aromatic amines is 1. The number of ether oxygens (including phenoxy) is 3. The number of benzene rings is 2. The lowest BCUT2D eigenvalue weighted by atomic mass is 9.94. The van der Waals surface area contributed by atoms with Gasteiger partial charge in [-0.1, -0.05) is 49.4 Å². The molecule has 15 heteroatoms. The van der Waals surface area contributed by atoms with Gasteiger partial charge in [-0.15, -0.1) is 4.89 Å². The number of hydrogen-bond donors (Lipinski definition) is 3. The van der Waals surface area contributed by atoms with Gasteiger partial charge >= 0.3 is 11.8 Å². The first-order chi connectivity index (χ1) is 20.2. The molecular weight excluding hydrogens is 558 g/mol. The Morgan fingerprint density at radius 1 is 1.12 bits per heavy atom. The van der Waals surface area contributed by atoms with E-state index >= 15 is 0 Å². The molecule has 0 unspecified atom stereocenters. The average Bonchev–Trinajstić information content (AvgIpc) is 3.23. The summed E-state index contributed by atoms with van der Waals surface area (Å²) in [7, 11) is 0. The minimum Gasteiger partial charge on any atom is -0.432 e. The topological polar surface area (TPSA) is 202 Å². The van der Waals surface area contributed by atoms with Crippen molar-refractivity contribution < 1.29 is 43.9 Å². The van der Waals surface area contributed by atoms with Gasteiger partial charge in [0.15, 0.2) is 0 Å². The molecule has 1 saturated heterocycles. The van der Waals surface area contributed by atoms with Gasteiger partial charge in [0, 0.05) is 30.8 Å². The van der Waals surface area contributed by atoms with Gasteiger partial charge in [-0.25, -0.2) is 9.59 Å². The van der Waals surface area contributed by atoms with Gasteiger partial charge in [-0.3, -0.25) is 29.3 Å². The third-order valence-electron chi connectivity index (χ3n) is 6.79. The molecule has 2 heterocycles. The Bertz CT molecular complexity index is 1490. The maximum atomic E-state index is 12.9. The van der Waals surface area contributed by atoms with Gasteiger partial charge in [0.1, 0.15) is 12.2 Å². The lowest BCUT2D eigenvalue weighted by Crippen LogP contribution is -2.63. The lowest BCUT2D eigenvalue weighted by molar-refractivity contribution is -0.460. The van der Waals surface area contributed by atoms with Crippen LogP contribution in [0.1, 0.15) is 24.5 Å². The largest absolute Gasteiger partial charge is 0.540 e. The second-order valence-corrected chi connectivity index (χ2v) is 9.28. The van der Waals surface area contributed by atoms with Crippen molar-refractivity contribution >= 4 is 11.8 Å². The Hall–Kier alpha value is -4.41. The normalized spacial score (nSPS) is 23.4. The number of nitrogens with one attached hydrogen (secondary N) is 1. The molecule has 3 aromatic rings. The molecule has 1 aromatic heterocycles. The molecule has 1 aliphatic heterocycles. The van der Waals surface area contributed by atoms with E-state index in [-0.39, 0.29) is 31.7 Å². The van der Waals surface area contributed by atoms with Gasteiger partial charge < -0.3 is 24.4 Å². The number of carbonyl (C=O) groups excluding carboxylic acids is 1. The van der Waals surface area contributed by atoms with E-state index in [1.165, 1.54) is 24.3 Å². The number of nitro benzene ring substituents is 1. The fourth-order valence-electron chi connectivity index (χ4n) is 4.69. The number of non-ortho nitro benzene ring substituents is 1. The monoisotopic (exact) mass is 587 g/mol. The minimum atomic E-state index is -2.45. The molecule has 4 atom stereocenters. The number of aliphatic hydroxyl groups excluding tert-OH is 2. The maximum absolute atomic E-state index is 12.9. The second kappa shape index (κ2) is 13.1. The van der Waals surface area contributed by atoms with Crippen LogP contribution in [-0.2, 0) is 42.7 Å². The Morgan fingerprint density at radius 2 is 1.83 bits per heavy atom. The molecule has 1 aliphatic rings. The molecule has 4 rings (SSSR count). The molecular formula is C27H29N3O12. The van der Waals surface area contributed by atoms with Crippen molar-refractivity contribution in [3.8, 4) is 0 Å². The van der Waals surface area contributed by atoms with E-state index in [1.807, 2.05) is 0 Å². The molecule has 0 bridgehead atoms. The molecule has 42 heavy (non-hydrogen) atoms. The maximum Gasteiger partial charge on any atom is 0.540 e. The first-order valence-corrected chi connectivity index (χ1v) is 12.9. The number of nitrogens with zero attached hydrogens (tertiary/aromatic N) is 2. The molecule has 0 spiro atoms. The average molecular weight is 588 g/mol. The van der Waals surface area contributed by atoms with Crippen molar-refractivity contribution in [2.45, 2.75) is 50.1 Å². The predicted octanol–water partition coefficient (Wildman–Crippen LogP) is 1.50. The van der Waals surface area contributed by atoms with E-state index in [9.17, 15) is 34.7 Å². The van der Waals surface area contributed by atoms with Gasteiger partial charge in [-0.2, -0.15) is 0 Å². The zero-order valence-corrected chi connectivity index (χ0v) is 22.4. The van der Waals surface area contributed by atoms with Crippen LogP contribution in [0.15, 0.2) is 76.4 Å². The first-order valence-electron chi connectivity index (χ1n) is 12.9. The molecule has 2 aromatic carbocycles. The van der Waals surface area contributed by atoms with Gasteiger partial charge in [0.05, 0.1) is 24.7 Å². The molecule has 0 radical (unpaired) electrons.